The molecule has 170 valence electrons. The number of piperazine rings is 1. The SMILES string of the molecule is Cc1cccc2nc(C(=O)N3CCN(S(=O)(=O)c4cc(C(F)(F)F)ccc4Cl)CC3)cn12. The van der Waals surface area contributed by atoms with Crippen molar-refractivity contribution in [3.63, 3.8) is 0 Å². The standard InChI is InChI=1S/C20H18ClF3N4O3S/c1-13-3-2-4-18-25-16(12-28(13)18)19(29)26-7-9-27(10-8-26)32(30,31)17-11-14(20(22,23)24)5-6-15(17)21/h2-6,11-12H,7-10H2,1H3. The molecule has 32 heavy (non-hydrogen) atoms. The van der Waals surface area contributed by atoms with Gasteiger partial charge in [0.1, 0.15) is 16.2 Å². The molecule has 0 spiro atoms. The summed E-state index contributed by atoms with van der Waals surface area (Å²) < 4.78 is 67.8. The molecule has 0 aliphatic carbocycles. The van der Waals surface area contributed by atoms with Crippen LogP contribution in [0.15, 0.2) is 47.5 Å². The van der Waals surface area contributed by atoms with Crippen molar-refractivity contribution in [3.05, 3.63) is 64.6 Å². The molecule has 0 N–H and O–H groups in total. The quantitative estimate of drug-likeness (QED) is 0.568. The van der Waals surface area contributed by atoms with Gasteiger partial charge in [0.05, 0.1) is 10.6 Å². The second kappa shape index (κ2) is 8.05. The first-order valence-corrected chi connectivity index (χ1v) is 11.4. The van der Waals surface area contributed by atoms with Gasteiger partial charge in [-0.1, -0.05) is 17.7 Å². The lowest BCUT2D eigenvalue weighted by Gasteiger charge is -2.33. The monoisotopic (exact) mass is 486 g/mol. The fraction of sp³-hybridized carbons (Fsp3) is 0.300. The Morgan fingerprint density at radius 3 is 2.41 bits per heavy atom. The maximum absolute atomic E-state index is 13.0. The molecule has 0 bridgehead atoms. The highest BCUT2D eigenvalue weighted by Gasteiger charge is 2.36. The molecule has 1 amide bonds. The molecule has 3 heterocycles. The van der Waals surface area contributed by atoms with E-state index in [4.69, 9.17) is 11.6 Å². The zero-order valence-electron chi connectivity index (χ0n) is 16.8. The molecule has 1 fully saturated rings. The van der Waals surface area contributed by atoms with Crippen LogP contribution in [0.2, 0.25) is 5.02 Å². The first-order chi connectivity index (χ1) is 15.0. The summed E-state index contributed by atoms with van der Waals surface area (Å²) in [6, 6.07) is 7.66. The van der Waals surface area contributed by atoms with Crippen molar-refractivity contribution in [1.82, 2.24) is 18.6 Å². The van der Waals surface area contributed by atoms with E-state index in [1.807, 2.05) is 19.1 Å². The number of hydrogen-bond donors (Lipinski definition) is 0. The minimum absolute atomic E-state index is 0.0709. The molecule has 0 unspecified atom stereocenters. The Hall–Kier alpha value is -2.63. The van der Waals surface area contributed by atoms with Crippen LogP contribution in [0.3, 0.4) is 0 Å². The van der Waals surface area contributed by atoms with Crippen molar-refractivity contribution in [3.8, 4) is 0 Å². The average molecular weight is 487 g/mol. The number of fused-ring (bicyclic) bond motifs is 1. The Bertz CT molecular complexity index is 1300. The van der Waals surface area contributed by atoms with Gasteiger partial charge in [-0.2, -0.15) is 17.5 Å². The number of carbonyl (C=O) groups excluding carboxylic acids is 1. The van der Waals surface area contributed by atoms with E-state index in [0.717, 1.165) is 22.1 Å². The molecule has 7 nitrogen and oxygen atoms in total. The zero-order chi connectivity index (χ0) is 23.3. The number of carbonyl (C=O) groups is 1. The first-order valence-electron chi connectivity index (χ1n) is 9.59. The van der Waals surface area contributed by atoms with Crippen LogP contribution in [0.25, 0.3) is 5.65 Å². The predicted octanol–water partition coefficient (Wildman–Crippen LogP) is 3.46. The fourth-order valence-corrected chi connectivity index (χ4v) is 5.48. The van der Waals surface area contributed by atoms with Crippen molar-refractivity contribution in [2.75, 3.05) is 26.2 Å². The summed E-state index contributed by atoms with van der Waals surface area (Å²) in [5.41, 5.74) is 0.657. The number of nitrogens with zero attached hydrogens (tertiary/aromatic N) is 4. The molecule has 2 aromatic heterocycles. The number of rotatable bonds is 3. The van der Waals surface area contributed by atoms with E-state index < -0.39 is 26.7 Å². The Kier molecular flexibility index (Phi) is 5.68. The lowest BCUT2D eigenvalue weighted by atomic mass is 10.2. The molecule has 3 aromatic rings. The van der Waals surface area contributed by atoms with Gasteiger partial charge in [0, 0.05) is 38.1 Å². The van der Waals surface area contributed by atoms with E-state index in [2.05, 4.69) is 4.98 Å². The summed E-state index contributed by atoms with van der Waals surface area (Å²) >= 11 is 5.91. The molecule has 1 aliphatic heterocycles. The highest BCUT2D eigenvalue weighted by atomic mass is 35.5. The van der Waals surface area contributed by atoms with E-state index in [0.29, 0.717) is 11.7 Å². The van der Waals surface area contributed by atoms with E-state index in [1.165, 1.54) is 4.90 Å². The number of imidazole rings is 1. The maximum atomic E-state index is 13.0. The van der Waals surface area contributed by atoms with Crippen molar-refractivity contribution in [2.45, 2.75) is 18.0 Å². The van der Waals surface area contributed by atoms with Gasteiger partial charge < -0.3 is 9.30 Å². The van der Waals surface area contributed by atoms with Crippen LogP contribution in [0.5, 0.6) is 0 Å². The molecule has 1 aromatic carbocycles. The lowest BCUT2D eigenvalue weighted by molar-refractivity contribution is -0.137. The lowest BCUT2D eigenvalue weighted by Crippen LogP contribution is -2.50. The summed E-state index contributed by atoms with van der Waals surface area (Å²) in [6.07, 6.45) is -3.08. The summed E-state index contributed by atoms with van der Waals surface area (Å²) in [7, 11) is -4.27. The average Bonchev–Trinajstić information content (AvgIpc) is 3.18. The Morgan fingerprint density at radius 1 is 1.09 bits per heavy atom. The second-order valence-electron chi connectivity index (χ2n) is 7.36. The van der Waals surface area contributed by atoms with Crippen molar-refractivity contribution < 1.29 is 26.4 Å². The van der Waals surface area contributed by atoms with Crippen LogP contribution in [-0.4, -0.2) is 59.1 Å². The third-order valence-corrected chi connectivity index (χ3v) is 7.70. The molecule has 12 heteroatoms. The van der Waals surface area contributed by atoms with Crippen molar-refractivity contribution >= 4 is 33.2 Å². The normalized spacial score (nSPS) is 16.0. The number of sulfonamides is 1. The number of amides is 1. The Morgan fingerprint density at radius 2 is 1.78 bits per heavy atom. The maximum Gasteiger partial charge on any atom is 0.416 e. The van der Waals surface area contributed by atoms with E-state index in [1.54, 1.807) is 16.7 Å². The highest BCUT2D eigenvalue weighted by molar-refractivity contribution is 7.89. The Labute approximate surface area is 187 Å². The second-order valence-corrected chi connectivity index (χ2v) is 9.67. The molecule has 1 aliphatic rings. The minimum atomic E-state index is -4.70. The van der Waals surface area contributed by atoms with Crippen LogP contribution >= 0.6 is 11.6 Å². The van der Waals surface area contributed by atoms with Gasteiger partial charge in [-0.05, 0) is 37.3 Å². The summed E-state index contributed by atoms with van der Waals surface area (Å²) in [5.74, 6) is -0.345. The van der Waals surface area contributed by atoms with Crippen LogP contribution in [0, 0.1) is 6.92 Å². The number of hydrogen-bond acceptors (Lipinski definition) is 4. The van der Waals surface area contributed by atoms with Crippen molar-refractivity contribution in [2.24, 2.45) is 0 Å². The molecule has 0 radical (unpaired) electrons. The van der Waals surface area contributed by atoms with Gasteiger partial charge in [0.15, 0.2) is 0 Å². The smallest absolute Gasteiger partial charge is 0.335 e. The van der Waals surface area contributed by atoms with Gasteiger partial charge >= 0.3 is 6.18 Å². The molecular formula is C20H18ClF3N4O3S. The van der Waals surface area contributed by atoms with Gasteiger partial charge in [-0.25, -0.2) is 13.4 Å². The van der Waals surface area contributed by atoms with Gasteiger partial charge in [-0.3, -0.25) is 4.79 Å². The number of benzene rings is 1. The zero-order valence-corrected chi connectivity index (χ0v) is 18.4. The van der Waals surface area contributed by atoms with E-state index >= 15 is 0 Å². The van der Waals surface area contributed by atoms with E-state index in [9.17, 15) is 26.4 Å². The van der Waals surface area contributed by atoms with Gasteiger partial charge in [0.2, 0.25) is 10.0 Å². The highest BCUT2D eigenvalue weighted by Crippen LogP contribution is 2.34. The summed E-state index contributed by atoms with van der Waals surface area (Å²) in [6.45, 7) is 1.87. The number of pyridine rings is 1. The summed E-state index contributed by atoms with van der Waals surface area (Å²) in [5, 5.41) is -0.295. The van der Waals surface area contributed by atoms with Crippen LogP contribution < -0.4 is 0 Å². The predicted molar refractivity (Wildman–Crippen MR) is 111 cm³/mol. The number of alkyl halides is 3. The Balaban J connectivity index is 1.51. The molecule has 4 rings (SSSR count). The van der Waals surface area contributed by atoms with Gasteiger partial charge in [0.25, 0.3) is 5.91 Å². The number of aryl methyl sites for hydroxylation is 1. The van der Waals surface area contributed by atoms with Crippen LogP contribution in [0.4, 0.5) is 13.2 Å². The van der Waals surface area contributed by atoms with Gasteiger partial charge in [-0.15, -0.1) is 0 Å². The van der Waals surface area contributed by atoms with Crippen LogP contribution in [0.1, 0.15) is 21.7 Å². The third-order valence-electron chi connectivity index (χ3n) is 5.32. The first kappa shape index (κ1) is 22.6. The summed E-state index contributed by atoms with van der Waals surface area (Å²) in [4.78, 5) is 18.0. The van der Waals surface area contributed by atoms with E-state index in [-0.39, 0.29) is 42.8 Å². The molecule has 0 atom stereocenters. The minimum Gasteiger partial charge on any atom is -0.335 e. The topological polar surface area (TPSA) is 75.0 Å². The molecule has 1 saturated heterocycles. The molecule has 0 saturated carbocycles. The third kappa shape index (κ3) is 4.07. The van der Waals surface area contributed by atoms with Crippen molar-refractivity contribution in [1.29, 1.82) is 0 Å². The fourth-order valence-electron chi connectivity index (χ4n) is 3.56. The molecular weight excluding hydrogens is 469 g/mol. The van der Waals surface area contributed by atoms with Crippen LogP contribution in [-0.2, 0) is 16.2 Å². The number of aromatic nitrogens is 2. The largest absolute Gasteiger partial charge is 0.416 e. The number of halogens is 4.